The van der Waals surface area contributed by atoms with Gasteiger partial charge >= 0.3 is 0 Å². The van der Waals surface area contributed by atoms with Crippen molar-refractivity contribution in [3.63, 3.8) is 0 Å². The Balaban J connectivity index is 6.05. The summed E-state index contributed by atoms with van der Waals surface area (Å²) in [5, 5.41) is 15.2. The normalized spacial score (nSPS) is 15.5. The third kappa shape index (κ3) is 10.4. The smallest absolute Gasteiger partial charge is 0.260 e. The Labute approximate surface area is 185 Å². The molecule has 0 radical (unpaired) electrons. The number of sulfone groups is 1. The van der Waals surface area contributed by atoms with Crippen LogP contribution in [0.25, 0.3) is 0 Å². The molecule has 182 valence electrons. The standard InChI is InChI=1S/C19H39N5O6S/c1-12(2)9-13(16(20)25)14(10-21-11-31(8,29)30)18(27)24(28)15(19(3,4)5)17(26)22-23(6)7/h12-15,21,28H,9-11H2,1-8H3,(H2,20,25)(H,22,26)/t13-,14+,15-/m1/s1. The average Bonchev–Trinajstić information content (AvgIpc) is 2.53. The molecule has 0 saturated carbocycles. The minimum Gasteiger partial charge on any atom is -0.369 e. The van der Waals surface area contributed by atoms with Gasteiger partial charge in [-0.3, -0.25) is 25.0 Å². The largest absolute Gasteiger partial charge is 0.369 e. The van der Waals surface area contributed by atoms with E-state index in [2.05, 4.69) is 10.7 Å². The van der Waals surface area contributed by atoms with Crippen molar-refractivity contribution in [1.29, 1.82) is 0 Å². The minimum atomic E-state index is -3.39. The number of rotatable bonds is 12. The number of nitrogens with zero attached hydrogens (tertiary/aromatic N) is 2. The van der Waals surface area contributed by atoms with Gasteiger partial charge in [-0.25, -0.2) is 18.5 Å². The maximum atomic E-state index is 13.3. The van der Waals surface area contributed by atoms with Crippen LogP contribution in [0, 0.1) is 23.2 Å². The second-order valence-electron chi connectivity index (χ2n) is 9.59. The lowest BCUT2D eigenvalue weighted by molar-refractivity contribution is -0.196. The SMILES string of the molecule is CC(C)C[C@@H](C(N)=O)[C@H](CNCS(C)(=O)=O)C(=O)N(O)[C@H](C(=O)NN(C)C)C(C)(C)C. The molecule has 12 heteroatoms. The van der Waals surface area contributed by atoms with Crippen LogP contribution in [-0.2, 0) is 24.2 Å². The second kappa shape index (κ2) is 11.7. The summed E-state index contributed by atoms with van der Waals surface area (Å²) in [6.07, 6.45) is 1.28. The van der Waals surface area contributed by atoms with Crippen molar-refractivity contribution < 1.29 is 28.0 Å². The summed E-state index contributed by atoms with van der Waals surface area (Å²) in [7, 11) is -0.209. The number of carbonyl (C=O) groups is 3. The number of hydrazine groups is 1. The predicted octanol–water partition coefficient (Wildman–Crippen LogP) is -0.433. The molecule has 3 amide bonds. The number of hydroxylamine groups is 2. The van der Waals surface area contributed by atoms with Gasteiger partial charge in [-0.1, -0.05) is 34.6 Å². The lowest BCUT2D eigenvalue weighted by Crippen LogP contribution is -2.59. The van der Waals surface area contributed by atoms with Crippen molar-refractivity contribution in [2.24, 2.45) is 28.9 Å². The molecule has 0 rings (SSSR count). The molecular formula is C19H39N5O6S. The van der Waals surface area contributed by atoms with Crippen molar-refractivity contribution in [2.45, 2.75) is 47.1 Å². The summed E-state index contributed by atoms with van der Waals surface area (Å²) in [4.78, 5) is 38.1. The van der Waals surface area contributed by atoms with Crippen molar-refractivity contribution >= 4 is 27.6 Å². The predicted molar refractivity (Wildman–Crippen MR) is 117 cm³/mol. The lowest BCUT2D eigenvalue weighted by atomic mass is 9.82. The van der Waals surface area contributed by atoms with Crippen LogP contribution in [0.15, 0.2) is 0 Å². The van der Waals surface area contributed by atoms with Gasteiger partial charge in [0.1, 0.15) is 6.04 Å². The van der Waals surface area contributed by atoms with Crippen molar-refractivity contribution in [1.82, 2.24) is 20.8 Å². The Hall–Kier alpha value is -1.76. The molecule has 11 nitrogen and oxygen atoms in total. The lowest BCUT2D eigenvalue weighted by Gasteiger charge is -2.38. The van der Waals surface area contributed by atoms with Gasteiger partial charge in [-0.05, 0) is 17.8 Å². The van der Waals surface area contributed by atoms with Gasteiger partial charge < -0.3 is 11.1 Å². The molecule has 0 aliphatic carbocycles. The highest BCUT2D eigenvalue weighted by molar-refractivity contribution is 7.90. The van der Waals surface area contributed by atoms with Crippen LogP contribution in [-0.4, -0.2) is 80.2 Å². The first-order chi connectivity index (χ1) is 13.9. The van der Waals surface area contributed by atoms with Gasteiger partial charge in [0.2, 0.25) is 5.91 Å². The van der Waals surface area contributed by atoms with Gasteiger partial charge in [0.05, 0.1) is 17.7 Å². The molecule has 5 N–H and O–H groups in total. The molecule has 0 aliphatic heterocycles. The van der Waals surface area contributed by atoms with Crippen LogP contribution in [0.3, 0.4) is 0 Å². The van der Waals surface area contributed by atoms with E-state index < -0.39 is 56.7 Å². The Kier molecular flexibility index (Phi) is 11.1. The van der Waals surface area contributed by atoms with Gasteiger partial charge in [0, 0.05) is 26.9 Å². The third-order valence-electron chi connectivity index (χ3n) is 4.50. The third-order valence-corrected chi connectivity index (χ3v) is 5.22. The number of hydrogen-bond donors (Lipinski definition) is 4. The fraction of sp³-hybridized carbons (Fsp3) is 0.842. The fourth-order valence-electron chi connectivity index (χ4n) is 3.24. The molecule has 0 fully saturated rings. The first-order valence-corrected chi connectivity index (χ1v) is 12.1. The zero-order valence-electron chi connectivity index (χ0n) is 19.8. The van der Waals surface area contributed by atoms with Gasteiger partial charge in [-0.15, -0.1) is 0 Å². The van der Waals surface area contributed by atoms with Crippen molar-refractivity contribution in [3.05, 3.63) is 0 Å². The van der Waals surface area contributed by atoms with Crippen LogP contribution >= 0.6 is 0 Å². The molecule has 0 saturated heterocycles. The Morgan fingerprint density at radius 2 is 1.61 bits per heavy atom. The van der Waals surface area contributed by atoms with E-state index in [-0.39, 0.29) is 18.9 Å². The van der Waals surface area contributed by atoms with Crippen LogP contribution in [0.4, 0.5) is 0 Å². The zero-order chi connectivity index (χ0) is 24.7. The molecular weight excluding hydrogens is 426 g/mol. The summed E-state index contributed by atoms with van der Waals surface area (Å²) in [5.41, 5.74) is 7.22. The molecule has 31 heavy (non-hydrogen) atoms. The second-order valence-corrected chi connectivity index (χ2v) is 11.7. The van der Waals surface area contributed by atoms with Crippen LogP contribution in [0.1, 0.15) is 41.0 Å². The molecule has 0 spiro atoms. The number of carbonyl (C=O) groups excluding carboxylic acids is 3. The summed E-state index contributed by atoms with van der Waals surface area (Å²) in [6.45, 7) is 8.52. The average molecular weight is 466 g/mol. The number of hydrogen-bond acceptors (Lipinski definition) is 8. The minimum absolute atomic E-state index is 0.00491. The topological polar surface area (TPSA) is 162 Å². The molecule has 0 bridgehead atoms. The maximum Gasteiger partial charge on any atom is 0.260 e. The highest BCUT2D eigenvalue weighted by atomic mass is 32.2. The zero-order valence-corrected chi connectivity index (χ0v) is 20.6. The Morgan fingerprint density at radius 1 is 1.10 bits per heavy atom. The van der Waals surface area contributed by atoms with Gasteiger partial charge in [-0.2, -0.15) is 0 Å². The van der Waals surface area contributed by atoms with E-state index >= 15 is 0 Å². The van der Waals surface area contributed by atoms with Crippen LogP contribution < -0.4 is 16.5 Å². The van der Waals surface area contributed by atoms with Crippen molar-refractivity contribution in [3.8, 4) is 0 Å². The first-order valence-electron chi connectivity index (χ1n) is 10.1. The quantitative estimate of drug-likeness (QED) is 0.223. The number of nitrogens with two attached hydrogens (primary N) is 1. The number of primary amides is 1. The maximum absolute atomic E-state index is 13.3. The van der Waals surface area contributed by atoms with Gasteiger partial charge in [0.25, 0.3) is 11.8 Å². The Morgan fingerprint density at radius 3 is 1.97 bits per heavy atom. The molecule has 0 unspecified atom stereocenters. The monoisotopic (exact) mass is 465 g/mol. The van der Waals surface area contributed by atoms with E-state index in [0.717, 1.165) is 6.26 Å². The van der Waals surface area contributed by atoms with E-state index in [9.17, 15) is 28.0 Å². The number of amides is 3. The summed E-state index contributed by atoms with van der Waals surface area (Å²) in [6, 6.07) is -1.27. The fourth-order valence-corrected chi connectivity index (χ4v) is 3.73. The molecule has 0 aliphatic rings. The highest BCUT2D eigenvalue weighted by Gasteiger charge is 2.43. The summed E-state index contributed by atoms with van der Waals surface area (Å²) < 4.78 is 22.9. The highest BCUT2D eigenvalue weighted by Crippen LogP contribution is 2.28. The van der Waals surface area contributed by atoms with Crippen molar-refractivity contribution in [2.75, 3.05) is 32.8 Å². The summed E-state index contributed by atoms with van der Waals surface area (Å²) in [5.74, 6) is -4.79. The number of nitrogens with one attached hydrogen (secondary N) is 2. The van der Waals surface area contributed by atoms with E-state index in [1.54, 1.807) is 34.9 Å². The molecule has 0 aromatic carbocycles. The van der Waals surface area contributed by atoms with Gasteiger partial charge in [0.15, 0.2) is 9.84 Å². The van der Waals surface area contributed by atoms with E-state index in [4.69, 9.17) is 5.73 Å². The van der Waals surface area contributed by atoms with E-state index in [1.807, 2.05) is 13.8 Å². The first kappa shape index (κ1) is 29.2. The summed E-state index contributed by atoms with van der Waals surface area (Å²) >= 11 is 0. The molecule has 0 aromatic rings. The van der Waals surface area contributed by atoms with E-state index in [0.29, 0.717) is 5.06 Å². The molecule has 3 atom stereocenters. The van der Waals surface area contributed by atoms with Crippen LogP contribution in [0.5, 0.6) is 0 Å². The molecule has 0 aromatic heterocycles. The Bertz CT molecular complexity index is 733. The van der Waals surface area contributed by atoms with Crippen LogP contribution in [0.2, 0.25) is 0 Å². The molecule has 0 heterocycles. The van der Waals surface area contributed by atoms with E-state index in [1.165, 1.54) is 5.01 Å².